The molecule has 1 N–H and O–H groups in total. The molecule has 2 aromatic rings. The average molecular weight is 214 g/mol. The molecule has 0 saturated carbocycles. The minimum absolute atomic E-state index is 0.324. The van der Waals surface area contributed by atoms with Gasteiger partial charge in [-0.3, -0.25) is 4.98 Å². The Labute approximate surface area is 92.7 Å². The van der Waals surface area contributed by atoms with Gasteiger partial charge in [0, 0.05) is 23.0 Å². The van der Waals surface area contributed by atoms with Crippen LogP contribution in [0.4, 0.5) is 5.69 Å². The maximum atomic E-state index is 4.03. The molecular weight excluding hydrogens is 204 g/mol. The van der Waals surface area contributed by atoms with Crippen LogP contribution < -0.4 is 5.32 Å². The van der Waals surface area contributed by atoms with E-state index in [0.717, 1.165) is 0 Å². The largest absolute Gasteiger partial charge is 0.368 e. The lowest BCUT2D eigenvalue weighted by atomic mass is 10.2. The zero-order valence-corrected chi connectivity index (χ0v) is 8.87. The molecule has 0 radical (unpaired) electrons. The van der Waals surface area contributed by atoms with Gasteiger partial charge in [-0.25, -0.2) is 0 Å². The van der Waals surface area contributed by atoms with E-state index in [1.165, 1.54) is 16.1 Å². The summed E-state index contributed by atoms with van der Waals surface area (Å²) in [6.45, 7) is 0. The molecule has 3 heteroatoms. The van der Waals surface area contributed by atoms with Crippen molar-refractivity contribution in [1.82, 2.24) is 4.98 Å². The van der Waals surface area contributed by atoms with Crippen LogP contribution in [0.1, 0.15) is 10.9 Å². The quantitative estimate of drug-likeness (QED) is 0.788. The van der Waals surface area contributed by atoms with Crippen LogP contribution in [0.25, 0.3) is 0 Å². The maximum Gasteiger partial charge on any atom is 0.103 e. The predicted molar refractivity (Wildman–Crippen MR) is 62.9 cm³/mol. The van der Waals surface area contributed by atoms with E-state index >= 15 is 0 Å². The first-order valence-corrected chi connectivity index (χ1v) is 5.73. The Bertz CT molecular complexity index is 445. The zero-order valence-electron chi connectivity index (χ0n) is 8.05. The number of benzene rings is 1. The van der Waals surface area contributed by atoms with Crippen molar-refractivity contribution in [3.63, 3.8) is 0 Å². The van der Waals surface area contributed by atoms with Gasteiger partial charge in [0.2, 0.25) is 0 Å². The summed E-state index contributed by atoms with van der Waals surface area (Å²) in [7, 11) is 0. The smallest absolute Gasteiger partial charge is 0.103 e. The third-order valence-corrected chi connectivity index (χ3v) is 3.66. The van der Waals surface area contributed by atoms with Crippen molar-refractivity contribution in [2.75, 3.05) is 5.32 Å². The first kappa shape index (κ1) is 8.80. The number of nitrogens with one attached hydrogen (secondary N) is 1. The molecule has 1 aliphatic heterocycles. The Morgan fingerprint density at radius 3 is 2.67 bits per heavy atom. The van der Waals surface area contributed by atoms with Gasteiger partial charge >= 0.3 is 0 Å². The molecule has 0 fully saturated rings. The van der Waals surface area contributed by atoms with Crippen LogP contribution in [0.15, 0.2) is 53.7 Å². The van der Waals surface area contributed by atoms with E-state index in [1.807, 2.05) is 24.2 Å². The molecule has 0 aliphatic carbocycles. The summed E-state index contributed by atoms with van der Waals surface area (Å²) in [5.41, 5.74) is 2.50. The summed E-state index contributed by atoms with van der Waals surface area (Å²) >= 11 is 1.85. The minimum Gasteiger partial charge on any atom is -0.368 e. The average Bonchev–Trinajstić information content (AvgIpc) is 2.74. The van der Waals surface area contributed by atoms with Crippen LogP contribution in [0, 0.1) is 0 Å². The molecule has 2 heterocycles. The normalized spacial score (nSPS) is 18.3. The lowest BCUT2D eigenvalue weighted by Gasteiger charge is -2.09. The van der Waals surface area contributed by atoms with Crippen LogP contribution in [-0.2, 0) is 0 Å². The van der Waals surface area contributed by atoms with Gasteiger partial charge in [0.1, 0.15) is 5.37 Å². The third-order valence-electron chi connectivity index (χ3n) is 2.43. The van der Waals surface area contributed by atoms with E-state index in [9.17, 15) is 0 Å². The van der Waals surface area contributed by atoms with Gasteiger partial charge in [-0.1, -0.05) is 23.9 Å². The van der Waals surface area contributed by atoms with Crippen molar-refractivity contribution in [2.45, 2.75) is 10.3 Å². The van der Waals surface area contributed by atoms with Crippen molar-refractivity contribution in [3.05, 3.63) is 54.4 Å². The number of anilines is 1. The number of nitrogens with zero attached hydrogens (tertiary/aromatic N) is 1. The SMILES string of the molecule is c1ccc2c(c1)N[C@@H](c1ccncc1)S2. The molecule has 0 amide bonds. The van der Waals surface area contributed by atoms with E-state index in [1.54, 1.807) is 0 Å². The van der Waals surface area contributed by atoms with Crippen LogP contribution in [-0.4, -0.2) is 4.98 Å². The zero-order chi connectivity index (χ0) is 10.1. The highest BCUT2D eigenvalue weighted by Crippen LogP contribution is 2.45. The number of pyridine rings is 1. The van der Waals surface area contributed by atoms with Crippen molar-refractivity contribution in [1.29, 1.82) is 0 Å². The molecule has 1 atom stereocenters. The summed E-state index contributed by atoms with van der Waals surface area (Å²) in [6, 6.07) is 12.5. The Kier molecular flexibility index (Phi) is 2.10. The van der Waals surface area contributed by atoms with Gasteiger partial charge < -0.3 is 5.32 Å². The molecule has 15 heavy (non-hydrogen) atoms. The van der Waals surface area contributed by atoms with E-state index < -0.39 is 0 Å². The van der Waals surface area contributed by atoms with Crippen LogP contribution in [0.3, 0.4) is 0 Å². The Morgan fingerprint density at radius 1 is 1.07 bits per heavy atom. The Morgan fingerprint density at radius 2 is 1.87 bits per heavy atom. The molecule has 1 aliphatic rings. The maximum absolute atomic E-state index is 4.03. The Hall–Kier alpha value is -1.48. The highest BCUT2D eigenvalue weighted by atomic mass is 32.2. The van der Waals surface area contributed by atoms with Crippen molar-refractivity contribution in [3.8, 4) is 0 Å². The minimum atomic E-state index is 0.324. The van der Waals surface area contributed by atoms with Gasteiger partial charge in [-0.05, 0) is 29.8 Å². The van der Waals surface area contributed by atoms with Crippen LogP contribution >= 0.6 is 11.8 Å². The van der Waals surface area contributed by atoms with Crippen LogP contribution in [0.5, 0.6) is 0 Å². The summed E-state index contributed by atoms with van der Waals surface area (Å²) in [6.07, 6.45) is 3.67. The molecule has 0 unspecified atom stereocenters. The number of rotatable bonds is 1. The monoisotopic (exact) mass is 214 g/mol. The van der Waals surface area contributed by atoms with Gasteiger partial charge in [0.05, 0.1) is 0 Å². The standard InChI is InChI=1S/C12H10N2S/c1-2-4-11-10(3-1)14-12(15-11)9-5-7-13-8-6-9/h1-8,12,14H/t12-/m1/s1. The summed E-state index contributed by atoms with van der Waals surface area (Å²) < 4.78 is 0. The highest BCUT2D eigenvalue weighted by Gasteiger charge is 2.21. The summed E-state index contributed by atoms with van der Waals surface area (Å²) in [4.78, 5) is 5.35. The van der Waals surface area contributed by atoms with Gasteiger partial charge in [-0.15, -0.1) is 0 Å². The number of fused-ring (bicyclic) bond motifs is 1. The number of thioether (sulfide) groups is 1. The lowest BCUT2D eigenvalue weighted by Crippen LogP contribution is -2.00. The molecule has 0 bridgehead atoms. The summed E-state index contributed by atoms with van der Waals surface area (Å²) in [5.74, 6) is 0. The van der Waals surface area contributed by atoms with Gasteiger partial charge in [-0.2, -0.15) is 0 Å². The van der Waals surface area contributed by atoms with Gasteiger partial charge in [0.15, 0.2) is 0 Å². The van der Waals surface area contributed by atoms with E-state index in [0.29, 0.717) is 5.37 Å². The predicted octanol–water partition coefficient (Wildman–Crippen LogP) is 3.30. The molecule has 2 nitrogen and oxygen atoms in total. The first-order valence-electron chi connectivity index (χ1n) is 4.85. The molecule has 74 valence electrons. The van der Waals surface area contributed by atoms with E-state index in [4.69, 9.17) is 0 Å². The van der Waals surface area contributed by atoms with Crippen molar-refractivity contribution < 1.29 is 0 Å². The second-order valence-corrected chi connectivity index (χ2v) is 4.57. The fraction of sp³-hybridized carbons (Fsp3) is 0.0833. The third kappa shape index (κ3) is 1.59. The number of aromatic nitrogens is 1. The summed E-state index contributed by atoms with van der Waals surface area (Å²) in [5, 5.41) is 3.81. The Balaban J connectivity index is 1.91. The first-order chi connectivity index (χ1) is 7.43. The second kappa shape index (κ2) is 3.59. The molecule has 3 rings (SSSR count). The molecule has 1 aromatic heterocycles. The number of hydrogen-bond donors (Lipinski definition) is 1. The van der Waals surface area contributed by atoms with Crippen molar-refractivity contribution >= 4 is 17.4 Å². The lowest BCUT2D eigenvalue weighted by molar-refractivity contribution is 1.11. The van der Waals surface area contributed by atoms with E-state index in [2.05, 4.69) is 46.7 Å². The topological polar surface area (TPSA) is 24.9 Å². The number of hydrogen-bond acceptors (Lipinski definition) is 3. The fourth-order valence-corrected chi connectivity index (χ4v) is 2.82. The molecule has 1 aromatic carbocycles. The van der Waals surface area contributed by atoms with Crippen molar-refractivity contribution in [2.24, 2.45) is 0 Å². The highest BCUT2D eigenvalue weighted by molar-refractivity contribution is 8.00. The molecule has 0 saturated heterocycles. The molecular formula is C12H10N2S. The second-order valence-electron chi connectivity index (χ2n) is 3.42. The van der Waals surface area contributed by atoms with Gasteiger partial charge in [0.25, 0.3) is 0 Å². The fourth-order valence-electron chi connectivity index (χ4n) is 1.68. The van der Waals surface area contributed by atoms with Crippen LogP contribution in [0.2, 0.25) is 0 Å². The number of para-hydroxylation sites is 1. The van der Waals surface area contributed by atoms with E-state index in [-0.39, 0.29) is 0 Å². The molecule has 0 spiro atoms.